The van der Waals surface area contributed by atoms with Crippen molar-refractivity contribution in [3.63, 3.8) is 0 Å². The molecule has 232 valence electrons. The van der Waals surface area contributed by atoms with Gasteiger partial charge in [-0.3, -0.25) is 0 Å². The van der Waals surface area contributed by atoms with Crippen LogP contribution in [-0.2, 0) is 15.9 Å². The first-order chi connectivity index (χ1) is 20.8. The Bertz CT molecular complexity index is 1630. The molecule has 3 aliphatic heterocycles. The predicted molar refractivity (Wildman–Crippen MR) is 165 cm³/mol. The van der Waals surface area contributed by atoms with E-state index in [1.807, 2.05) is 66.7 Å². The molecular formula is C32H38ClN7O4. The number of fused-ring (bicyclic) bond motifs is 8. The van der Waals surface area contributed by atoms with Gasteiger partial charge in [-0.2, -0.15) is 10.2 Å². The lowest BCUT2D eigenvalue weighted by Crippen LogP contribution is -2.51. The van der Waals surface area contributed by atoms with Gasteiger partial charge >= 0.3 is 6.09 Å². The van der Waals surface area contributed by atoms with Crippen LogP contribution >= 0.6 is 12.4 Å². The van der Waals surface area contributed by atoms with E-state index in [2.05, 4.69) is 26.2 Å². The number of ether oxygens (including phenoxy) is 3. The largest absolute Gasteiger partial charge is 0.463 e. The van der Waals surface area contributed by atoms with Crippen molar-refractivity contribution in [3.8, 4) is 23.1 Å². The molecule has 4 aromatic rings. The van der Waals surface area contributed by atoms with Crippen LogP contribution in [-0.4, -0.2) is 59.2 Å². The molecule has 7 heterocycles. The third-order valence-corrected chi connectivity index (χ3v) is 8.65. The average Bonchev–Trinajstić information content (AvgIpc) is 3.70. The first-order valence-corrected chi connectivity index (χ1v) is 15.1. The minimum Gasteiger partial charge on any atom is -0.463 e. The van der Waals surface area contributed by atoms with Crippen molar-refractivity contribution >= 4 is 18.5 Å². The lowest BCUT2D eigenvalue weighted by Gasteiger charge is -2.43. The summed E-state index contributed by atoms with van der Waals surface area (Å²) in [4.78, 5) is 22.8. The Kier molecular flexibility index (Phi) is 7.77. The summed E-state index contributed by atoms with van der Waals surface area (Å²) in [6, 6.07) is 11.8. The summed E-state index contributed by atoms with van der Waals surface area (Å²) in [5.41, 5.74) is 2.80. The molecule has 0 atom stereocenters. The molecule has 11 nitrogen and oxygen atoms in total. The molecule has 2 fully saturated rings. The first-order valence-electron chi connectivity index (χ1n) is 15.1. The molecule has 0 radical (unpaired) electrons. The number of hydrogen-bond donors (Lipinski definition) is 0. The molecule has 4 aliphatic rings. The molecule has 2 spiro atoms. The Labute approximate surface area is 262 Å². The van der Waals surface area contributed by atoms with Crippen molar-refractivity contribution in [1.29, 1.82) is 0 Å². The van der Waals surface area contributed by atoms with E-state index in [1.54, 1.807) is 23.5 Å². The maximum Gasteiger partial charge on any atom is 0.410 e. The van der Waals surface area contributed by atoms with Crippen molar-refractivity contribution < 1.29 is 19.0 Å². The monoisotopic (exact) mass is 619 g/mol. The molecule has 0 aromatic carbocycles. The number of halogens is 1. The van der Waals surface area contributed by atoms with Gasteiger partial charge in [-0.1, -0.05) is 6.42 Å². The Balaban J connectivity index is 0.000000160. The Hall–Kier alpha value is -4.12. The minimum atomic E-state index is -0.504. The second-order valence-corrected chi connectivity index (χ2v) is 12.6. The van der Waals surface area contributed by atoms with Crippen LogP contribution in [0.2, 0.25) is 0 Å². The number of carbonyl (C=O) groups excluding carboxylic acids is 1. The number of carbonyl (C=O) groups is 1. The van der Waals surface area contributed by atoms with E-state index in [9.17, 15) is 4.79 Å². The summed E-state index contributed by atoms with van der Waals surface area (Å²) in [5, 5.41) is 8.89. The van der Waals surface area contributed by atoms with Gasteiger partial charge in [0, 0.05) is 50.7 Å². The van der Waals surface area contributed by atoms with E-state index in [-0.39, 0.29) is 24.1 Å². The number of likely N-dealkylation sites (tertiary alicyclic amines) is 1. The smallest absolute Gasteiger partial charge is 0.410 e. The summed E-state index contributed by atoms with van der Waals surface area (Å²) >= 11 is 0. The number of nitrogens with zero attached hydrogens (tertiary/aromatic N) is 7. The standard InChI is InChI=1S/C18H22N4O3.C14H15N3O.ClH/c1-17(2,3)25-16(23)21-11-7-18(8-12-21)14-6-10-20-22(14)13-5-4-9-19-15(13)24-18;1-2-7-14(8-3-1)12-6-10-16-17(12)11-5-4-9-15-13(11)18-14;/h4-6,9-10H,7-8,11-12H2,1-3H3;4-6,9-10H,1-3,7-8H2;1H. The van der Waals surface area contributed by atoms with Gasteiger partial charge in [0.05, 0.1) is 11.4 Å². The molecule has 0 bridgehead atoms. The quantitative estimate of drug-likeness (QED) is 0.231. The molecule has 44 heavy (non-hydrogen) atoms. The predicted octanol–water partition coefficient (Wildman–Crippen LogP) is 6.13. The molecule has 1 saturated carbocycles. The van der Waals surface area contributed by atoms with Gasteiger partial charge in [0.15, 0.2) is 11.2 Å². The van der Waals surface area contributed by atoms with E-state index in [0.29, 0.717) is 31.8 Å². The summed E-state index contributed by atoms with van der Waals surface area (Å²) in [7, 11) is 0. The highest BCUT2D eigenvalue weighted by molar-refractivity contribution is 5.85. The molecule has 1 saturated heterocycles. The van der Waals surface area contributed by atoms with Gasteiger partial charge in [0.25, 0.3) is 0 Å². The lowest BCUT2D eigenvalue weighted by molar-refractivity contribution is -0.0298. The summed E-state index contributed by atoms with van der Waals surface area (Å²) < 4.78 is 22.0. The topological polar surface area (TPSA) is 109 Å². The van der Waals surface area contributed by atoms with Crippen molar-refractivity contribution in [1.82, 2.24) is 34.4 Å². The van der Waals surface area contributed by atoms with Gasteiger partial charge in [-0.25, -0.2) is 24.1 Å². The Morgan fingerprint density at radius 1 is 0.750 bits per heavy atom. The maximum atomic E-state index is 12.3. The average molecular weight is 620 g/mol. The molecular weight excluding hydrogens is 582 g/mol. The highest BCUT2D eigenvalue weighted by atomic mass is 35.5. The van der Waals surface area contributed by atoms with Crippen LogP contribution in [0.3, 0.4) is 0 Å². The normalized spacial score (nSPS) is 18.6. The van der Waals surface area contributed by atoms with Gasteiger partial charge in [-0.15, -0.1) is 12.4 Å². The molecule has 12 heteroatoms. The first kappa shape index (κ1) is 29.9. The number of aromatic nitrogens is 6. The van der Waals surface area contributed by atoms with Crippen LogP contribution in [0.1, 0.15) is 77.1 Å². The lowest BCUT2D eigenvalue weighted by atomic mass is 9.81. The maximum absolute atomic E-state index is 12.3. The van der Waals surface area contributed by atoms with E-state index >= 15 is 0 Å². The Morgan fingerprint density at radius 3 is 1.75 bits per heavy atom. The van der Waals surface area contributed by atoms with Crippen molar-refractivity contribution in [2.45, 2.75) is 82.5 Å². The fourth-order valence-electron chi connectivity index (χ4n) is 6.62. The van der Waals surface area contributed by atoms with E-state index < -0.39 is 11.2 Å². The van der Waals surface area contributed by atoms with Gasteiger partial charge < -0.3 is 19.1 Å². The van der Waals surface area contributed by atoms with Gasteiger partial charge in [0.2, 0.25) is 11.8 Å². The highest BCUT2D eigenvalue weighted by Crippen LogP contribution is 2.46. The third kappa shape index (κ3) is 5.27. The molecule has 1 aliphatic carbocycles. The second kappa shape index (κ2) is 11.4. The van der Waals surface area contributed by atoms with Gasteiger partial charge in [-0.05, 0) is 82.9 Å². The van der Waals surface area contributed by atoms with Crippen molar-refractivity contribution in [2.75, 3.05) is 13.1 Å². The van der Waals surface area contributed by atoms with E-state index in [1.165, 1.54) is 25.0 Å². The SMILES string of the molecule is CC(C)(C)OC(=O)N1CCC2(CC1)Oc1ncccc1-n1nccc12.Cl.c1cnc2c(c1)-n1nccc1C1(CCCCC1)O2. The zero-order valence-electron chi connectivity index (χ0n) is 25.3. The molecule has 0 unspecified atom stereocenters. The minimum absolute atomic E-state index is 0. The molecule has 4 aromatic heterocycles. The van der Waals surface area contributed by atoms with Crippen LogP contribution in [0.5, 0.6) is 11.8 Å². The van der Waals surface area contributed by atoms with Crippen LogP contribution in [0, 0.1) is 0 Å². The van der Waals surface area contributed by atoms with Crippen molar-refractivity contribution in [2.24, 2.45) is 0 Å². The van der Waals surface area contributed by atoms with Crippen molar-refractivity contribution in [3.05, 3.63) is 72.6 Å². The molecule has 1 amide bonds. The van der Waals surface area contributed by atoms with Crippen LogP contribution in [0.25, 0.3) is 11.4 Å². The van der Waals surface area contributed by atoms with Crippen LogP contribution in [0.15, 0.2) is 61.2 Å². The zero-order valence-corrected chi connectivity index (χ0v) is 26.1. The summed E-state index contributed by atoms with van der Waals surface area (Å²) in [6.07, 6.45) is 14.1. The number of rotatable bonds is 0. The van der Waals surface area contributed by atoms with Gasteiger partial charge in [0.1, 0.15) is 17.0 Å². The van der Waals surface area contributed by atoms with E-state index in [4.69, 9.17) is 14.2 Å². The molecule has 8 rings (SSSR count). The van der Waals surface area contributed by atoms with Crippen LogP contribution < -0.4 is 9.47 Å². The number of hydrogen-bond acceptors (Lipinski definition) is 8. The fraction of sp³-hybridized carbons (Fsp3) is 0.469. The Morgan fingerprint density at radius 2 is 1.25 bits per heavy atom. The fourth-order valence-corrected chi connectivity index (χ4v) is 6.62. The highest BCUT2D eigenvalue weighted by Gasteiger charge is 2.46. The number of piperidine rings is 1. The third-order valence-electron chi connectivity index (χ3n) is 8.65. The number of pyridine rings is 2. The zero-order chi connectivity index (χ0) is 29.7. The number of amides is 1. The summed E-state index contributed by atoms with van der Waals surface area (Å²) in [6.45, 7) is 6.77. The van der Waals surface area contributed by atoms with Crippen LogP contribution in [0.4, 0.5) is 4.79 Å². The van der Waals surface area contributed by atoms with E-state index in [0.717, 1.165) is 35.8 Å². The molecule has 0 N–H and O–H groups in total. The summed E-state index contributed by atoms with van der Waals surface area (Å²) in [5.74, 6) is 1.31. The second-order valence-electron chi connectivity index (χ2n) is 12.6.